The van der Waals surface area contributed by atoms with Crippen LogP contribution < -0.4 is 5.32 Å². The van der Waals surface area contributed by atoms with E-state index in [4.69, 9.17) is 0 Å². The van der Waals surface area contributed by atoms with Crippen LogP contribution in [-0.2, 0) is 16.1 Å². The number of para-hydroxylation sites is 1. The molecule has 1 N–H and O–H groups in total. The largest absolute Gasteiger partial charge is 0.469 e. The van der Waals surface area contributed by atoms with Crippen LogP contribution >= 0.6 is 0 Å². The highest BCUT2D eigenvalue weighted by Crippen LogP contribution is 2.11. The van der Waals surface area contributed by atoms with Gasteiger partial charge in [0.1, 0.15) is 0 Å². The summed E-state index contributed by atoms with van der Waals surface area (Å²) < 4.78 is 4.67. The highest BCUT2D eigenvalue weighted by atomic mass is 16.5. The molecule has 0 heterocycles. The number of carbonyl (C=O) groups is 2. The van der Waals surface area contributed by atoms with Gasteiger partial charge < -0.3 is 15.0 Å². The van der Waals surface area contributed by atoms with Crippen molar-refractivity contribution >= 4 is 17.7 Å². The molecule has 24 heavy (non-hydrogen) atoms. The molecule has 0 fully saturated rings. The lowest BCUT2D eigenvalue weighted by molar-refractivity contribution is -0.140. The lowest BCUT2D eigenvalue weighted by atomic mass is 10.1. The van der Waals surface area contributed by atoms with E-state index in [1.165, 1.54) is 7.11 Å². The van der Waals surface area contributed by atoms with E-state index in [2.05, 4.69) is 10.1 Å². The molecule has 0 unspecified atom stereocenters. The fraction of sp³-hybridized carbons (Fsp3) is 0.263. The van der Waals surface area contributed by atoms with Crippen LogP contribution in [0.15, 0.2) is 54.6 Å². The van der Waals surface area contributed by atoms with Crippen molar-refractivity contribution in [1.29, 1.82) is 0 Å². The molecular formula is C19H22N2O3. The van der Waals surface area contributed by atoms with Gasteiger partial charge in [-0.25, -0.2) is 4.79 Å². The molecule has 5 heteroatoms. The van der Waals surface area contributed by atoms with Crippen molar-refractivity contribution in [2.45, 2.75) is 19.9 Å². The summed E-state index contributed by atoms with van der Waals surface area (Å²) in [5, 5.41) is 2.85. The Bertz CT molecular complexity index is 669. The maximum atomic E-state index is 12.5. The standard InChI is InChI=1S/C19H22N2O3/c1-15-8-10-16(11-9-15)14-21(13-12-18(22)24-2)19(23)20-17-6-4-3-5-7-17/h3-11H,12-14H2,1-2H3,(H,20,23). The molecule has 0 bridgehead atoms. The first kappa shape index (κ1) is 17.5. The number of aryl methyl sites for hydroxylation is 1. The van der Waals surface area contributed by atoms with E-state index in [1.807, 2.05) is 61.5 Å². The third-order valence-corrected chi connectivity index (χ3v) is 3.62. The number of anilines is 1. The van der Waals surface area contributed by atoms with Crippen LogP contribution in [0.4, 0.5) is 10.5 Å². The Morgan fingerprint density at radius 3 is 2.33 bits per heavy atom. The maximum Gasteiger partial charge on any atom is 0.322 e. The summed E-state index contributed by atoms with van der Waals surface area (Å²) in [6.45, 7) is 2.73. The Hall–Kier alpha value is -2.82. The highest BCUT2D eigenvalue weighted by molar-refractivity contribution is 5.89. The van der Waals surface area contributed by atoms with Crippen molar-refractivity contribution in [3.8, 4) is 0 Å². The molecule has 0 aliphatic carbocycles. The Kier molecular flexibility index (Phi) is 6.37. The minimum absolute atomic E-state index is 0.157. The van der Waals surface area contributed by atoms with E-state index >= 15 is 0 Å². The number of urea groups is 1. The number of nitrogens with one attached hydrogen (secondary N) is 1. The number of hydrogen-bond donors (Lipinski definition) is 1. The lowest BCUT2D eigenvalue weighted by Gasteiger charge is -2.23. The van der Waals surface area contributed by atoms with Crippen molar-refractivity contribution in [2.75, 3.05) is 19.0 Å². The summed E-state index contributed by atoms with van der Waals surface area (Å²) >= 11 is 0. The van der Waals surface area contributed by atoms with Gasteiger partial charge in [-0.1, -0.05) is 48.0 Å². The number of rotatable bonds is 6. The molecule has 0 atom stereocenters. The van der Waals surface area contributed by atoms with Gasteiger partial charge in [-0.05, 0) is 24.6 Å². The average Bonchev–Trinajstić information content (AvgIpc) is 2.60. The van der Waals surface area contributed by atoms with Crippen LogP contribution in [0, 0.1) is 6.92 Å². The minimum atomic E-state index is -0.337. The van der Waals surface area contributed by atoms with Gasteiger partial charge in [0.15, 0.2) is 0 Å². The van der Waals surface area contributed by atoms with Crippen molar-refractivity contribution < 1.29 is 14.3 Å². The van der Waals surface area contributed by atoms with Gasteiger partial charge in [-0.2, -0.15) is 0 Å². The second-order valence-corrected chi connectivity index (χ2v) is 5.53. The highest BCUT2D eigenvalue weighted by Gasteiger charge is 2.16. The summed E-state index contributed by atoms with van der Waals surface area (Å²) in [6, 6.07) is 17.0. The second-order valence-electron chi connectivity index (χ2n) is 5.53. The Balaban J connectivity index is 2.07. The smallest absolute Gasteiger partial charge is 0.322 e. The lowest BCUT2D eigenvalue weighted by Crippen LogP contribution is -2.36. The molecular weight excluding hydrogens is 304 g/mol. The predicted molar refractivity (Wildman–Crippen MR) is 93.7 cm³/mol. The van der Waals surface area contributed by atoms with Crippen LogP contribution in [0.25, 0.3) is 0 Å². The first-order valence-corrected chi connectivity index (χ1v) is 7.82. The summed E-state index contributed by atoms with van der Waals surface area (Å²) in [5.41, 5.74) is 2.89. The molecule has 126 valence electrons. The first-order valence-electron chi connectivity index (χ1n) is 7.82. The molecule has 0 saturated heterocycles. The van der Waals surface area contributed by atoms with E-state index in [9.17, 15) is 9.59 Å². The zero-order valence-corrected chi connectivity index (χ0v) is 14.0. The number of carbonyl (C=O) groups excluding carboxylic acids is 2. The quantitative estimate of drug-likeness (QED) is 0.825. The molecule has 0 aliphatic rings. The summed E-state index contributed by atoms with van der Waals surface area (Å²) in [6.07, 6.45) is 0.157. The van der Waals surface area contributed by atoms with E-state index in [-0.39, 0.29) is 18.4 Å². The summed E-state index contributed by atoms with van der Waals surface area (Å²) in [7, 11) is 1.34. The summed E-state index contributed by atoms with van der Waals surface area (Å²) in [5.74, 6) is -0.337. The summed E-state index contributed by atoms with van der Waals surface area (Å²) in [4.78, 5) is 25.6. The molecule has 5 nitrogen and oxygen atoms in total. The molecule has 0 spiro atoms. The van der Waals surface area contributed by atoms with Crippen molar-refractivity contribution in [3.63, 3.8) is 0 Å². The normalized spacial score (nSPS) is 10.1. The SMILES string of the molecule is COC(=O)CCN(Cc1ccc(C)cc1)C(=O)Nc1ccccc1. The number of esters is 1. The maximum absolute atomic E-state index is 12.5. The first-order chi connectivity index (χ1) is 11.6. The van der Waals surface area contributed by atoms with Crippen LogP contribution in [-0.4, -0.2) is 30.6 Å². The number of ether oxygens (including phenoxy) is 1. The van der Waals surface area contributed by atoms with Gasteiger partial charge in [0.25, 0.3) is 0 Å². The molecule has 0 radical (unpaired) electrons. The Labute approximate surface area is 142 Å². The molecule has 2 amide bonds. The number of methoxy groups -OCH3 is 1. The van der Waals surface area contributed by atoms with Gasteiger partial charge in [-0.3, -0.25) is 4.79 Å². The molecule has 2 aromatic carbocycles. The zero-order valence-electron chi connectivity index (χ0n) is 14.0. The zero-order chi connectivity index (χ0) is 17.4. The van der Waals surface area contributed by atoms with Gasteiger partial charge >= 0.3 is 12.0 Å². The molecule has 0 saturated carbocycles. The fourth-order valence-electron chi connectivity index (χ4n) is 2.22. The van der Waals surface area contributed by atoms with E-state index in [1.54, 1.807) is 4.90 Å². The van der Waals surface area contributed by atoms with Gasteiger partial charge in [0.05, 0.1) is 13.5 Å². The Morgan fingerprint density at radius 2 is 1.71 bits per heavy atom. The van der Waals surface area contributed by atoms with Crippen LogP contribution in [0.3, 0.4) is 0 Å². The average molecular weight is 326 g/mol. The van der Waals surface area contributed by atoms with E-state index in [0.717, 1.165) is 16.8 Å². The van der Waals surface area contributed by atoms with Gasteiger partial charge in [0.2, 0.25) is 0 Å². The third kappa shape index (κ3) is 5.43. The van der Waals surface area contributed by atoms with Crippen LogP contribution in [0.1, 0.15) is 17.5 Å². The van der Waals surface area contributed by atoms with Crippen LogP contribution in [0.5, 0.6) is 0 Å². The van der Waals surface area contributed by atoms with Crippen molar-refractivity contribution in [3.05, 3.63) is 65.7 Å². The van der Waals surface area contributed by atoms with E-state index < -0.39 is 0 Å². The molecule has 0 aliphatic heterocycles. The number of amides is 2. The van der Waals surface area contributed by atoms with Crippen molar-refractivity contribution in [2.24, 2.45) is 0 Å². The molecule has 0 aromatic heterocycles. The Morgan fingerprint density at radius 1 is 1.04 bits per heavy atom. The van der Waals surface area contributed by atoms with Gasteiger partial charge in [-0.15, -0.1) is 0 Å². The second kappa shape index (κ2) is 8.72. The molecule has 2 rings (SSSR count). The number of hydrogen-bond acceptors (Lipinski definition) is 3. The van der Waals surface area contributed by atoms with Crippen molar-refractivity contribution in [1.82, 2.24) is 4.90 Å². The predicted octanol–water partition coefficient (Wildman–Crippen LogP) is 3.59. The van der Waals surface area contributed by atoms with E-state index in [0.29, 0.717) is 13.1 Å². The third-order valence-electron chi connectivity index (χ3n) is 3.62. The minimum Gasteiger partial charge on any atom is -0.469 e. The van der Waals surface area contributed by atoms with Crippen LogP contribution in [0.2, 0.25) is 0 Å². The topological polar surface area (TPSA) is 58.6 Å². The number of benzene rings is 2. The van der Waals surface area contributed by atoms with Gasteiger partial charge in [0, 0.05) is 18.8 Å². The monoisotopic (exact) mass is 326 g/mol. The number of nitrogens with zero attached hydrogens (tertiary/aromatic N) is 1. The molecule has 2 aromatic rings. The fourth-order valence-corrected chi connectivity index (χ4v) is 2.22.